The number of carbonyl (C=O) groups excluding carboxylic acids is 1. The highest BCUT2D eigenvalue weighted by molar-refractivity contribution is 7.88. The van der Waals surface area contributed by atoms with E-state index in [1.165, 1.54) is 4.31 Å². The van der Waals surface area contributed by atoms with Gasteiger partial charge in [-0.05, 0) is 38.3 Å². The highest BCUT2D eigenvalue weighted by Gasteiger charge is 2.36. The molecule has 1 amide bonds. The Labute approximate surface area is 169 Å². The first-order valence-corrected chi connectivity index (χ1v) is 11.3. The van der Waals surface area contributed by atoms with Gasteiger partial charge in [0, 0.05) is 29.9 Å². The van der Waals surface area contributed by atoms with Gasteiger partial charge in [-0.25, -0.2) is 18.4 Å². The van der Waals surface area contributed by atoms with Crippen LogP contribution in [0.15, 0.2) is 30.6 Å². The summed E-state index contributed by atoms with van der Waals surface area (Å²) < 4.78 is 25.2. The summed E-state index contributed by atoms with van der Waals surface area (Å²) in [6.07, 6.45) is 6.00. The van der Waals surface area contributed by atoms with Gasteiger partial charge in [0.25, 0.3) is 0 Å². The second kappa shape index (κ2) is 7.23. The Balaban J connectivity index is 1.69. The Morgan fingerprint density at radius 1 is 1.31 bits per heavy atom. The van der Waals surface area contributed by atoms with Crippen molar-refractivity contribution in [2.45, 2.75) is 32.7 Å². The number of H-pyrrole nitrogens is 1. The van der Waals surface area contributed by atoms with Crippen LogP contribution in [0.2, 0.25) is 0 Å². The van der Waals surface area contributed by atoms with Crippen molar-refractivity contribution in [3.05, 3.63) is 42.0 Å². The van der Waals surface area contributed by atoms with Crippen molar-refractivity contribution in [1.82, 2.24) is 19.3 Å². The smallest absolute Gasteiger partial charge is 0.242 e. The Kier molecular flexibility index (Phi) is 4.87. The van der Waals surface area contributed by atoms with Gasteiger partial charge in [-0.2, -0.15) is 4.31 Å². The van der Waals surface area contributed by atoms with Gasteiger partial charge in [-0.15, -0.1) is 0 Å². The van der Waals surface area contributed by atoms with Gasteiger partial charge >= 0.3 is 0 Å². The number of amides is 1. The number of hydrogen-bond acceptors (Lipinski definition) is 5. The normalized spacial score (nSPS) is 17.7. The summed E-state index contributed by atoms with van der Waals surface area (Å²) in [7, 11) is -3.42. The van der Waals surface area contributed by atoms with Crippen LogP contribution in [0.5, 0.6) is 0 Å². The van der Waals surface area contributed by atoms with E-state index in [-0.39, 0.29) is 5.91 Å². The average molecular weight is 414 g/mol. The molecule has 0 unspecified atom stereocenters. The van der Waals surface area contributed by atoms with E-state index < -0.39 is 16.1 Å². The number of benzene rings is 1. The molecule has 0 bridgehead atoms. The van der Waals surface area contributed by atoms with Gasteiger partial charge in [0.1, 0.15) is 11.9 Å². The molecule has 0 spiro atoms. The number of aromatic amines is 1. The highest BCUT2D eigenvalue weighted by atomic mass is 32.2. The Bertz CT molecular complexity index is 1200. The molecular formula is C20H23N5O3S. The van der Waals surface area contributed by atoms with Crippen LogP contribution in [0, 0.1) is 13.8 Å². The molecule has 9 heteroatoms. The minimum atomic E-state index is -3.42. The summed E-state index contributed by atoms with van der Waals surface area (Å²) in [5.74, 6) is 0.372. The first-order chi connectivity index (χ1) is 13.8. The van der Waals surface area contributed by atoms with E-state index in [9.17, 15) is 13.2 Å². The number of fused-ring (bicyclic) bond motifs is 1. The maximum Gasteiger partial charge on any atom is 0.242 e. The number of aryl methyl sites for hydroxylation is 2. The summed E-state index contributed by atoms with van der Waals surface area (Å²) in [5.41, 5.74) is 4.11. The molecule has 3 aromatic rings. The molecule has 4 rings (SSSR count). The molecule has 29 heavy (non-hydrogen) atoms. The maximum absolute atomic E-state index is 12.8. The number of para-hydroxylation sites is 1. The van der Waals surface area contributed by atoms with E-state index in [0.29, 0.717) is 30.9 Å². The predicted octanol–water partition coefficient (Wildman–Crippen LogP) is 2.60. The van der Waals surface area contributed by atoms with Crippen LogP contribution in [0.4, 0.5) is 5.69 Å². The molecule has 2 N–H and O–H groups in total. The van der Waals surface area contributed by atoms with Crippen molar-refractivity contribution in [3.63, 3.8) is 0 Å². The highest BCUT2D eigenvalue weighted by Crippen LogP contribution is 2.33. The van der Waals surface area contributed by atoms with Gasteiger partial charge in [-0.1, -0.05) is 12.1 Å². The summed E-state index contributed by atoms with van der Waals surface area (Å²) in [6, 6.07) is 4.95. The number of nitrogens with one attached hydrogen (secondary N) is 2. The molecule has 1 aliphatic heterocycles. The monoisotopic (exact) mass is 413 g/mol. The molecule has 1 aromatic carbocycles. The number of carbonyl (C=O) groups is 1. The topological polar surface area (TPSA) is 108 Å². The van der Waals surface area contributed by atoms with Crippen LogP contribution in [0.1, 0.15) is 24.2 Å². The Morgan fingerprint density at radius 3 is 2.86 bits per heavy atom. The molecule has 3 heterocycles. The largest absolute Gasteiger partial charge is 0.359 e. The van der Waals surface area contributed by atoms with E-state index in [2.05, 4.69) is 20.3 Å². The van der Waals surface area contributed by atoms with E-state index in [1.807, 2.05) is 32.2 Å². The Hall–Kier alpha value is -2.78. The van der Waals surface area contributed by atoms with Crippen LogP contribution in [0.25, 0.3) is 22.2 Å². The molecule has 1 atom stereocenters. The first-order valence-electron chi connectivity index (χ1n) is 9.44. The summed E-state index contributed by atoms with van der Waals surface area (Å²) in [4.78, 5) is 24.9. The number of sulfonamides is 1. The van der Waals surface area contributed by atoms with Crippen molar-refractivity contribution in [2.24, 2.45) is 0 Å². The number of rotatable bonds is 4. The average Bonchev–Trinajstić information content (AvgIpc) is 3.31. The zero-order chi connectivity index (χ0) is 20.8. The second-order valence-electron chi connectivity index (χ2n) is 7.40. The van der Waals surface area contributed by atoms with Crippen LogP contribution in [-0.4, -0.2) is 52.4 Å². The zero-order valence-electron chi connectivity index (χ0n) is 16.6. The van der Waals surface area contributed by atoms with E-state index in [1.54, 1.807) is 12.3 Å². The van der Waals surface area contributed by atoms with Crippen LogP contribution in [-0.2, 0) is 14.8 Å². The van der Waals surface area contributed by atoms with Crippen molar-refractivity contribution < 1.29 is 13.2 Å². The van der Waals surface area contributed by atoms with Gasteiger partial charge in [-0.3, -0.25) is 4.79 Å². The molecule has 2 aromatic heterocycles. The molecule has 0 radical (unpaired) electrons. The minimum Gasteiger partial charge on any atom is -0.359 e. The second-order valence-corrected chi connectivity index (χ2v) is 9.34. The Morgan fingerprint density at radius 2 is 2.10 bits per heavy atom. The zero-order valence-corrected chi connectivity index (χ0v) is 17.4. The van der Waals surface area contributed by atoms with Gasteiger partial charge < -0.3 is 10.3 Å². The lowest BCUT2D eigenvalue weighted by atomic mass is 10.1. The third-order valence-electron chi connectivity index (χ3n) is 5.25. The van der Waals surface area contributed by atoms with Crippen molar-refractivity contribution >= 4 is 32.5 Å². The van der Waals surface area contributed by atoms with Crippen LogP contribution >= 0.6 is 0 Å². The summed E-state index contributed by atoms with van der Waals surface area (Å²) >= 11 is 0. The molecule has 1 aliphatic rings. The van der Waals surface area contributed by atoms with E-state index in [0.717, 1.165) is 34.0 Å². The van der Waals surface area contributed by atoms with Crippen LogP contribution in [0.3, 0.4) is 0 Å². The quantitative estimate of drug-likeness (QED) is 0.683. The molecule has 1 fully saturated rings. The lowest BCUT2D eigenvalue weighted by molar-refractivity contribution is -0.119. The molecule has 0 saturated carbocycles. The van der Waals surface area contributed by atoms with Gasteiger partial charge in [0.2, 0.25) is 15.9 Å². The third kappa shape index (κ3) is 3.63. The fourth-order valence-corrected chi connectivity index (χ4v) is 5.00. The van der Waals surface area contributed by atoms with Crippen molar-refractivity contribution in [2.75, 3.05) is 18.1 Å². The molecule has 0 aliphatic carbocycles. The SMILES string of the molecule is Cc1ncc(C)c(-c2c[nH]c3c(NC(=O)[C@@H]4CCCN4S(C)(=O)=O)cccc23)n1. The number of aromatic nitrogens is 3. The van der Waals surface area contributed by atoms with E-state index >= 15 is 0 Å². The minimum absolute atomic E-state index is 0.314. The van der Waals surface area contributed by atoms with Crippen molar-refractivity contribution in [3.8, 4) is 11.3 Å². The molecule has 1 saturated heterocycles. The fourth-order valence-electron chi connectivity index (χ4n) is 3.87. The molecule has 152 valence electrons. The maximum atomic E-state index is 12.8. The third-order valence-corrected chi connectivity index (χ3v) is 6.54. The molecule has 8 nitrogen and oxygen atoms in total. The fraction of sp³-hybridized carbons (Fsp3) is 0.350. The van der Waals surface area contributed by atoms with Crippen LogP contribution < -0.4 is 5.32 Å². The standard InChI is InChI=1S/C20H23N5O3S/c1-12-10-21-13(2)23-18(12)15-11-22-19-14(15)6-4-7-16(19)24-20(26)17-8-5-9-25(17)29(3,27)28/h4,6-7,10-11,17,22H,5,8-9H2,1-3H3,(H,24,26)/t17-/m0/s1. The lowest BCUT2D eigenvalue weighted by Gasteiger charge is -2.21. The lowest BCUT2D eigenvalue weighted by Crippen LogP contribution is -2.42. The molecular weight excluding hydrogens is 390 g/mol. The van der Waals surface area contributed by atoms with Gasteiger partial charge in [0.15, 0.2) is 0 Å². The number of hydrogen-bond donors (Lipinski definition) is 2. The van der Waals surface area contributed by atoms with Gasteiger partial charge in [0.05, 0.1) is 23.2 Å². The summed E-state index contributed by atoms with van der Waals surface area (Å²) in [5, 5.41) is 3.84. The first kappa shape index (κ1) is 19.5. The summed E-state index contributed by atoms with van der Waals surface area (Å²) in [6.45, 7) is 4.18. The number of nitrogens with zero attached hydrogens (tertiary/aromatic N) is 3. The van der Waals surface area contributed by atoms with E-state index in [4.69, 9.17) is 0 Å². The predicted molar refractivity (Wildman–Crippen MR) is 112 cm³/mol. The van der Waals surface area contributed by atoms with Crippen molar-refractivity contribution in [1.29, 1.82) is 0 Å². The number of anilines is 1.